The van der Waals surface area contributed by atoms with E-state index in [-0.39, 0.29) is 17.3 Å². The molecule has 2 aromatic rings. The summed E-state index contributed by atoms with van der Waals surface area (Å²) in [5.74, 6) is -0.409. The van der Waals surface area contributed by atoms with Crippen molar-refractivity contribution >= 4 is 22.8 Å². The number of aromatic amines is 1. The molecule has 1 aliphatic heterocycles. The monoisotopic (exact) mass is 284 g/mol. The first-order chi connectivity index (χ1) is 10.1. The number of nitrogens with one attached hydrogen (secondary N) is 2. The fraction of sp³-hybridized carbons (Fsp3) is 0.375. The molecule has 5 nitrogen and oxygen atoms in total. The minimum absolute atomic E-state index is 0.0379. The topological polar surface area (TPSA) is 71.2 Å². The molecule has 2 N–H and O–H groups in total. The molecule has 0 saturated heterocycles. The molecule has 2 aliphatic rings. The lowest BCUT2D eigenvalue weighted by Crippen LogP contribution is -2.50. The number of H-pyrrole nitrogens is 1. The zero-order chi connectivity index (χ0) is 14.6. The van der Waals surface area contributed by atoms with E-state index in [4.69, 9.17) is 4.74 Å². The summed E-state index contributed by atoms with van der Waals surface area (Å²) in [5.41, 5.74) is 3.19. The summed E-state index contributed by atoms with van der Waals surface area (Å²) in [6.07, 6.45) is 3.34. The van der Waals surface area contributed by atoms with Gasteiger partial charge < -0.3 is 15.0 Å². The molecule has 21 heavy (non-hydrogen) atoms. The van der Waals surface area contributed by atoms with Crippen molar-refractivity contribution in [3.8, 4) is 0 Å². The number of hydrogen-bond acceptors (Lipinski definition) is 3. The van der Waals surface area contributed by atoms with E-state index < -0.39 is 0 Å². The van der Waals surface area contributed by atoms with E-state index in [2.05, 4.69) is 10.3 Å². The first-order valence-corrected chi connectivity index (χ1v) is 7.17. The zero-order valence-electron chi connectivity index (χ0n) is 11.8. The molecular weight excluding hydrogens is 268 g/mol. The highest BCUT2D eigenvalue weighted by atomic mass is 16.5. The Hall–Kier alpha value is -2.30. The highest BCUT2D eigenvalue weighted by Gasteiger charge is 2.46. The molecule has 4 rings (SSSR count). The number of carbonyl (C=O) groups excluding carboxylic acids is 2. The van der Waals surface area contributed by atoms with Gasteiger partial charge >= 0.3 is 5.97 Å². The highest BCUT2D eigenvalue weighted by Crippen LogP contribution is 2.49. The summed E-state index contributed by atoms with van der Waals surface area (Å²) in [6, 6.07) is 5.41. The average molecular weight is 284 g/mol. The largest absolute Gasteiger partial charge is 0.465 e. The Kier molecular flexibility index (Phi) is 2.43. The second-order valence-electron chi connectivity index (χ2n) is 5.94. The number of fused-ring (bicyclic) bond motifs is 4. The predicted molar refractivity (Wildman–Crippen MR) is 77.5 cm³/mol. The number of ether oxygens (including phenoxy) is 1. The van der Waals surface area contributed by atoms with Gasteiger partial charge in [0.25, 0.3) is 5.91 Å². The van der Waals surface area contributed by atoms with Crippen LogP contribution in [0, 0.1) is 0 Å². The van der Waals surface area contributed by atoms with Crippen molar-refractivity contribution in [3.05, 3.63) is 35.0 Å². The van der Waals surface area contributed by atoms with Gasteiger partial charge in [0.2, 0.25) is 0 Å². The van der Waals surface area contributed by atoms with Crippen LogP contribution >= 0.6 is 0 Å². The van der Waals surface area contributed by atoms with Gasteiger partial charge in [-0.15, -0.1) is 0 Å². The maximum absolute atomic E-state index is 12.1. The molecule has 0 bridgehead atoms. The summed E-state index contributed by atoms with van der Waals surface area (Å²) in [6.45, 7) is 0.689. The molecule has 2 heterocycles. The molecule has 0 unspecified atom stereocenters. The van der Waals surface area contributed by atoms with E-state index in [1.165, 1.54) is 13.5 Å². The number of benzene rings is 1. The van der Waals surface area contributed by atoms with Crippen molar-refractivity contribution in [2.75, 3.05) is 13.7 Å². The molecule has 108 valence electrons. The SMILES string of the molecule is COC(=O)c1ccc2[nH]c3c(c2c1)C1(CCC1)CNC3=O. The van der Waals surface area contributed by atoms with Crippen LogP contribution in [0.3, 0.4) is 0 Å². The van der Waals surface area contributed by atoms with E-state index in [1.54, 1.807) is 6.07 Å². The Morgan fingerprint density at radius 2 is 2.14 bits per heavy atom. The Balaban J connectivity index is 1.98. The first kappa shape index (κ1) is 12.4. The Morgan fingerprint density at radius 1 is 1.33 bits per heavy atom. The van der Waals surface area contributed by atoms with Crippen LogP contribution in [-0.4, -0.2) is 30.5 Å². The second kappa shape index (κ2) is 4.10. The molecule has 1 saturated carbocycles. The van der Waals surface area contributed by atoms with Crippen molar-refractivity contribution < 1.29 is 14.3 Å². The lowest BCUT2D eigenvalue weighted by atomic mass is 9.62. The molecule has 5 heteroatoms. The maximum atomic E-state index is 12.1. The van der Waals surface area contributed by atoms with Crippen LogP contribution < -0.4 is 5.32 Å². The number of carbonyl (C=O) groups is 2. The molecule has 1 aliphatic carbocycles. The first-order valence-electron chi connectivity index (χ1n) is 7.17. The lowest BCUT2D eigenvalue weighted by molar-refractivity contribution is 0.0600. The fourth-order valence-corrected chi connectivity index (χ4v) is 3.61. The minimum Gasteiger partial charge on any atom is -0.465 e. The molecule has 0 atom stereocenters. The predicted octanol–water partition coefficient (Wildman–Crippen LogP) is 2.12. The quantitative estimate of drug-likeness (QED) is 0.788. The van der Waals surface area contributed by atoms with Gasteiger partial charge in [0.1, 0.15) is 5.69 Å². The van der Waals surface area contributed by atoms with Crippen molar-refractivity contribution in [3.63, 3.8) is 0 Å². The molecule has 1 spiro atoms. The number of rotatable bonds is 1. The Morgan fingerprint density at radius 3 is 2.81 bits per heavy atom. The molecule has 1 fully saturated rings. The van der Waals surface area contributed by atoms with Gasteiger partial charge in [-0.25, -0.2) is 4.79 Å². The lowest BCUT2D eigenvalue weighted by Gasteiger charge is -2.45. The zero-order valence-corrected chi connectivity index (χ0v) is 11.8. The molecule has 1 aromatic carbocycles. The van der Waals surface area contributed by atoms with Crippen LogP contribution in [0.15, 0.2) is 18.2 Å². The number of hydrogen-bond donors (Lipinski definition) is 2. The minimum atomic E-state index is -0.352. The van der Waals surface area contributed by atoms with Crippen LogP contribution in [-0.2, 0) is 10.2 Å². The van der Waals surface area contributed by atoms with E-state index >= 15 is 0 Å². The van der Waals surface area contributed by atoms with Crippen molar-refractivity contribution in [1.29, 1.82) is 0 Å². The van der Waals surface area contributed by atoms with E-state index in [0.717, 1.165) is 29.3 Å². The van der Waals surface area contributed by atoms with Gasteiger partial charge in [0.15, 0.2) is 0 Å². The molecule has 1 aromatic heterocycles. The van der Waals surface area contributed by atoms with Gasteiger partial charge in [0, 0.05) is 22.9 Å². The van der Waals surface area contributed by atoms with Crippen molar-refractivity contribution in [2.45, 2.75) is 24.7 Å². The summed E-state index contributed by atoms with van der Waals surface area (Å²) < 4.78 is 4.79. The van der Waals surface area contributed by atoms with E-state index in [0.29, 0.717) is 17.8 Å². The third-order valence-electron chi connectivity index (χ3n) is 4.88. The van der Waals surface area contributed by atoms with Crippen LogP contribution in [0.2, 0.25) is 0 Å². The number of aromatic nitrogens is 1. The second-order valence-corrected chi connectivity index (χ2v) is 5.94. The normalized spacial score (nSPS) is 19.0. The van der Waals surface area contributed by atoms with Crippen LogP contribution in [0.1, 0.15) is 45.7 Å². The molecule has 0 radical (unpaired) electrons. The fourth-order valence-electron chi connectivity index (χ4n) is 3.61. The van der Waals surface area contributed by atoms with Gasteiger partial charge in [-0.3, -0.25) is 4.79 Å². The average Bonchev–Trinajstić information content (AvgIpc) is 2.85. The van der Waals surface area contributed by atoms with Crippen molar-refractivity contribution in [2.24, 2.45) is 0 Å². The van der Waals surface area contributed by atoms with Crippen LogP contribution in [0.25, 0.3) is 10.9 Å². The summed E-state index contributed by atoms with van der Waals surface area (Å²) in [7, 11) is 1.37. The summed E-state index contributed by atoms with van der Waals surface area (Å²) >= 11 is 0. The maximum Gasteiger partial charge on any atom is 0.337 e. The number of methoxy groups -OCH3 is 1. The molecule has 1 amide bonds. The van der Waals surface area contributed by atoms with Gasteiger partial charge in [0.05, 0.1) is 12.7 Å². The van der Waals surface area contributed by atoms with Gasteiger partial charge in [-0.2, -0.15) is 0 Å². The molecular formula is C16H16N2O3. The third kappa shape index (κ3) is 1.57. The number of amides is 1. The standard InChI is InChI=1S/C16H16N2O3/c1-21-15(20)9-3-4-11-10(7-9)12-13(18-11)14(19)17-8-16(12)5-2-6-16/h3-4,7,18H,2,5-6,8H2,1H3,(H,17,19). The van der Waals surface area contributed by atoms with E-state index in [1.807, 2.05) is 12.1 Å². The summed E-state index contributed by atoms with van der Waals surface area (Å²) in [5, 5.41) is 3.95. The number of esters is 1. The van der Waals surface area contributed by atoms with E-state index in [9.17, 15) is 9.59 Å². The highest BCUT2D eigenvalue weighted by molar-refractivity contribution is 6.05. The van der Waals surface area contributed by atoms with Crippen LogP contribution in [0.5, 0.6) is 0 Å². The van der Waals surface area contributed by atoms with Crippen LogP contribution in [0.4, 0.5) is 0 Å². The van der Waals surface area contributed by atoms with Gasteiger partial charge in [-0.1, -0.05) is 6.42 Å². The third-order valence-corrected chi connectivity index (χ3v) is 4.88. The Labute approximate surface area is 121 Å². The summed E-state index contributed by atoms with van der Waals surface area (Å²) in [4.78, 5) is 27.1. The smallest absolute Gasteiger partial charge is 0.337 e. The van der Waals surface area contributed by atoms with Gasteiger partial charge in [-0.05, 0) is 36.6 Å². The Bertz CT molecular complexity index is 771. The van der Waals surface area contributed by atoms with Crippen molar-refractivity contribution in [1.82, 2.24) is 10.3 Å².